The number of rotatable bonds is 8. The number of carbonyl (C=O) groups excluding carboxylic acids is 3. The number of hydrogen-bond acceptors (Lipinski definition) is 4. The van der Waals surface area contributed by atoms with Crippen LogP contribution in [0.2, 0.25) is 5.02 Å². The normalized spacial score (nSPS) is 11.5. The van der Waals surface area contributed by atoms with E-state index in [1.165, 1.54) is 0 Å². The van der Waals surface area contributed by atoms with Gasteiger partial charge in [-0.15, -0.1) is 0 Å². The van der Waals surface area contributed by atoms with Crippen LogP contribution < -0.4 is 5.32 Å². The summed E-state index contributed by atoms with van der Waals surface area (Å²) in [4.78, 5) is 35.8. The lowest BCUT2D eigenvalue weighted by Gasteiger charge is -2.12. The third kappa shape index (κ3) is 6.33. The second-order valence-electron chi connectivity index (χ2n) is 5.77. The summed E-state index contributed by atoms with van der Waals surface area (Å²) in [6.45, 7) is 1.54. The van der Waals surface area contributed by atoms with Crippen LogP contribution in [-0.2, 0) is 14.3 Å². The molecule has 0 fully saturated rings. The molecule has 0 radical (unpaired) electrons. The molecule has 0 aliphatic rings. The Kier molecular flexibility index (Phi) is 7.36. The van der Waals surface area contributed by atoms with E-state index in [4.69, 9.17) is 16.3 Å². The SMILES string of the molecule is CC(OC(=O)CCCC(=O)Nc1ccc(Cl)cc1)C(=O)c1ccccc1. The zero-order valence-electron chi connectivity index (χ0n) is 14.4. The van der Waals surface area contributed by atoms with E-state index in [2.05, 4.69) is 5.32 Å². The Morgan fingerprint density at radius 2 is 1.65 bits per heavy atom. The van der Waals surface area contributed by atoms with E-state index in [1.54, 1.807) is 55.5 Å². The highest BCUT2D eigenvalue weighted by Crippen LogP contribution is 2.14. The molecule has 0 saturated heterocycles. The molecule has 0 aliphatic heterocycles. The number of ether oxygens (including phenoxy) is 1. The average molecular weight is 374 g/mol. The first-order valence-electron chi connectivity index (χ1n) is 8.30. The van der Waals surface area contributed by atoms with Crippen molar-refractivity contribution in [1.29, 1.82) is 0 Å². The first kappa shape index (κ1) is 19.7. The smallest absolute Gasteiger partial charge is 0.306 e. The van der Waals surface area contributed by atoms with Crippen molar-refractivity contribution in [3.63, 3.8) is 0 Å². The molecule has 0 saturated carbocycles. The summed E-state index contributed by atoms with van der Waals surface area (Å²) in [5, 5.41) is 3.31. The van der Waals surface area contributed by atoms with Gasteiger partial charge in [0.05, 0.1) is 0 Å². The molecule has 2 aromatic carbocycles. The highest BCUT2D eigenvalue weighted by Gasteiger charge is 2.19. The minimum absolute atomic E-state index is 0.0699. The Bertz CT molecular complexity index is 759. The van der Waals surface area contributed by atoms with Gasteiger partial charge in [-0.2, -0.15) is 0 Å². The summed E-state index contributed by atoms with van der Waals surface area (Å²) in [5.41, 5.74) is 1.14. The van der Waals surface area contributed by atoms with Crippen LogP contribution in [0.25, 0.3) is 0 Å². The first-order chi connectivity index (χ1) is 12.5. The van der Waals surface area contributed by atoms with Crippen molar-refractivity contribution in [3.8, 4) is 0 Å². The third-order valence-electron chi connectivity index (χ3n) is 3.65. The second kappa shape index (κ2) is 9.73. The molecule has 0 aromatic heterocycles. The Hall–Kier alpha value is -2.66. The standard InChI is InChI=1S/C20H20ClNO4/c1-14(20(25)15-6-3-2-4-7-15)26-19(24)9-5-8-18(23)22-17-12-10-16(21)11-13-17/h2-4,6-7,10-14H,5,8-9H2,1H3,(H,22,23). The molecule has 1 atom stereocenters. The quantitative estimate of drug-likeness (QED) is 0.554. The van der Waals surface area contributed by atoms with Crippen molar-refractivity contribution >= 4 is 34.9 Å². The molecular formula is C20H20ClNO4. The first-order valence-corrected chi connectivity index (χ1v) is 8.67. The van der Waals surface area contributed by atoms with Crippen LogP contribution in [0.3, 0.4) is 0 Å². The van der Waals surface area contributed by atoms with E-state index in [-0.39, 0.29) is 24.5 Å². The number of esters is 1. The predicted molar refractivity (Wildman–Crippen MR) is 100 cm³/mol. The molecule has 0 bridgehead atoms. The summed E-state index contributed by atoms with van der Waals surface area (Å²) in [5.74, 6) is -0.950. The highest BCUT2D eigenvalue weighted by molar-refractivity contribution is 6.30. The lowest BCUT2D eigenvalue weighted by molar-refractivity contribution is -0.146. The van der Waals surface area contributed by atoms with Crippen molar-refractivity contribution < 1.29 is 19.1 Å². The molecule has 2 aromatic rings. The molecule has 136 valence electrons. The third-order valence-corrected chi connectivity index (χ3v) is 3.90. The fourth-order valence-corrected chi connectivity index (χ4v) is 2.42. The lowest BCUT2D eigenvalue weighted by atomic mass is 10.1. The molecule has 1 amide bonds. The Morgan fingerprint density at radius 3 is 2.31 bits per heavy atom. The average Bonchev–Trinajstić information content (AvgIpc) is 2.63. The van der Waals surface area contributed by atoms with E-state index in [9.17, 15) is 14.4 Å². The van der Waals surface area contributed by atoms with Gasteiger partial charge in [0.2, 0.25) is 11.7 Å². The van der Waals surface area contributed by atoms with E-state index in [0.29, 0.717) is 22.7 Å². The van der Waals surface area contributed by atoms with Gasteiger partial charge in [0, 0.05) is 29.1 Å². The Balaban J connectivity index is 1.70. The fourth-order valence-electron chi connectivity index (χ4n) is 2.30. The van der Waals surface area contributed by atoms with E-state index in [1.807, 2.05) is 6.07 Å². The Morgan fingerprint density at radius 1 is 1.00 bits per heavy atom. The summed E-state index contributed by atoms with van der Waals surface area (Å²) in [6, 6.07) is 15.4. The van der Waals surface area contributed by atoms with Crippen LogP contribution in [0, 0.1) is 0 Å². The number of ketones is 1. The summed E-state index contributed by atoms with van der Waals surface area (Å²) < 4.78 is 5.14. The molecule has 5 nitrogen and oxygen atoms in total. The fraction of sp³-hybridized carbons (Fsp3) is 0.250. The number of benzene rings is 2. The topological polar surface area (TPSA) is 72.5 Å². The van der Waals surface area contributed by atoms with Gasteiger partial charge in [-0.3, -0.25) is 14.4 Å². The molecule has 2 rings (SSSR count). The lowest BCUT2D eigenvalue weighted by Crippen LogP contribution is -2.24. The number of halogens is 1. The van der Waals surface area contributed by atoms with Crippen LogP contribution in [0.1, 0.15) is 36.5 Å². The molecule has 1 unspecified atom stereocenters. The van der Waals surface area contributed by atoms with Crippen LogP contribution in [-0.4, -0.2) is 23.8 Å². The number of Topliss-reactive ketones (excluding diaryl/α,β-unsaturated/α-hetero) is 1. The van der Waals surface area contributed by atoms with Crippen molar-refractivity contribution in [2.24, 2.45) is 0 Å². The van der Waals surface area contributed by atoms with Gasteiger partial charge < -0.3 is 10.1 Å². The maximum absolute atomic E-state index is 12.1. The molecule has 0 heterocycles. The zero-order valence-corrected chi connectivity index (χ0v) is 15.2. The van der Waals surface area contributed by atoms with Crippen molar-refractivity contribution in [2.75, 3.05) is 5.32 Å². The minimum Gasteiger partial charge on any atom is -0.454 e. The summed E-state index contributed by atoms with van der Waals surface area (Å²) >= 11 is 5.78. The van der Waals surface area contributed by atoms with Crippen LogP contribution in [0.15, 0.2) is 54.6 Å². The molecule has 0 spiro atoms. The molecular weight excluding hydrogens is 354 g/mol. The van der Waals surface area contributed by atoms with Gasteiger partial charge in [-0.25, -0.2) is 0 Å². The number of carbonyl (C=O) groups is 3. The number of hydrogen-bond donors (Lipinski definition) is 1. The van der Waals surface area contributed by atoms with Gasteiger partial charge in [-0.1, -0.05) is 41.9 Å². The molecule has 26 heavy (non-hydrogen) atoms. The number of nitrogens with one attached hydrogen (secondary N) is 1. The van der Waals surface area contributed by atoms with Gasteiger partial charge in [0.25, 0.3) is 0 Å². The molecule has 6 heteroatoms. The highest BCUT2D eigenvalue weighted by atomic mass is 35.5. The maximum atomic E-state index is 12.1. The number of amides is 1. The summed E-state index contributed by atoms with van der Waals surface area (Å²) in [7, 11) is 0. The van der Waals surface area contributed by atoms with Gasteiger partial charge in [0.1, 0.15) is 0 Å². The molecule has 1 N–H and O–H groups in total. The second-order valence-corrected chi connectivity index (χ2v) is 6.21. The minimum atomic E-state index is -0.854. The van der Waals surface area contributed by atoms with Crippen LogP contribution in [0.4, 0.5) is 5.69 Å². The van der Waals surface area contributed by atoms with E-state index in [0.717, 1.165) is 0 Å². The number of anilines is 1. The van der Waals surface area contributed by atoms with Gasteiger partial charge in [0.15, 0.2) is 6.10 Å². The van der Waals surface area contributed by atoms with Crippen molar-refractivity contribution in [1.82, 2.24) is 0 Å². The monoisotopic (exact) mass is 373 g/mol. The van der Waals surface area contributed by atoms with E-state index >= 15 is 0 Å². The van der Waals surface area contributed by atoms with E-state index < -0.39 is 12.1 Å². The largest absolute Gasteiger partial charge is 0.454 e. The zero-order chi connectivity index (χ0) is 18.9. The van der Waals surface area contributed by atoms with Crippen molar-refractivity contribution in [2.45, 2.75) is 32.3 Å². The van der Waals surface area contributed by atoms with Crippen molar-refractivity contribution in [3.05, 3.63) is 65.2 Å². The summed E-state index contributed by atoms with van der Waals surface area (Å²) in [6.07, 6.45) is -0.267. The van der Waals surface area contributed by atoms with Crippen LogP contribution in [0.5, 0.6) is 0 Å². The molecule has 0 aliphatic carbocycles. The Labute approximate surface area is 157 Å². The van der Waals surface area contributed by atoms with Gasteiger partial charge in [-0.05, 0) is 37.6 Å². The predicted octanol–water partition coefficient (Wildman–Crippen LogP) is 4.26. The van der Waals surface area contributed by atoms with Crippen LogP contribution >= 0.6 is 11.6 Å². The maximum Gasteiger partial charge on any atom is 0.306 e. The van der Waals surface area contributed by atoms with Gasteiger partial charge >= 0.3 is 5.97 Å².